The Morgan fingerprint density at radius 2 is 1.89 bits per heavy atom. The number of hydrogen-bond donors (Lipinski definition) is 1. The summed E-state index contributed by atoms with van der Waals surface area (Å²) in [5.41, 5.74) is 0.433. The lowest BCUT2D eigenvalue weighted by Crippen LogP contribution is -2.49. The first kappa shape index (κ1) is 13.7. The number of anilines is 1. The van der Waals surface area contributed by atoms with Crippen LogP contribution in [0.3, 0.4) is 0 Å². The zero-order valence-corrected chi connectivity index (χ0v) is 11.0. The molecule has 1 aromatic rings. The molecule has 19 heavy (non-hydrogen) atoms. The zero-order chi connectivity index (χ0) is 14.0. The van der Waals surface area contributed by atoms with E-state index in [4.69, 9.17) is 0 Å². The smallest absolute Gasteiger partial charge is 0.241 e. The van der Waals surface area contributed by atoms with Gasteiger partial charge in [-0.2, -0.15) is 0 Å². The van der Waals surface area contributed by atoms with Crippen LogP contribution < -0.4 is 10.2 Å². The molecule has 1 N–H and O–H groups in total. The highest BCUT2D eigenvalue weighted by Crippen LogP contribution is 2.26. The summed E-state index contributed by atoms with van der Waals surface area (Å²) in [7, 11) is 3.39. The van der Waals surface area contributed by atoms with E-state index < -0.39 is 11.6 Å². The van der Waals surface area contributed by atoms with Crippen LogP contribution in [0.25, 0.3) is 0 Å². The van der Waals surface area contributed by atoms with Gasteiger partial charge in [-0.25, -0.2) is 8.78 Å². The molecule has 2 rings (SSSR count). The second kappa shape index (κ2) is 5.52. The Bertz CT molecular complexity index is 470. The van der Waals surface area contributed by atoms with Gasteiger partial charge in [-0.1, -0.05) is 0 Å². The first-order valence-corrected chi connectivity index (χ1v) is 6.14. The minimum atomic E-state index is -0.623. The summed E-state index contributed by atoms with van der Waals surface area (Å²) in [6.45, 7) is 1.31. The van der Waals surface area contributed by atoms with Gasteiger partial charge in [0.05, 0.1) is 6.54 Å². The molecule has 0 atom stereocenters. The van der Waals surface area contributed by atoms with E-state index >= 15 is 0 Å². The Kier molecular flexibility index (Phi) is 3.99. The van der Waals surface area contributed by atoms with E-state index in [0.29, 0.717) is 25.2 Å². The third-order valence-electron chi connectivity index (χ3n) is 3.23. The minimum absolute atomic E-state index is 0.00964. The maximum absolute atomic E-state index is 14.0. The van der Waals surface area contributed by atoms with E-state index in [1.54, 1.807) is 19.0 Å². The molecule has 0 bridgehead atoms. The maximum atomic E-state index is 14.0. The molecule has 0 aliphatic carbocycles. The van der Waals surface area contributed by atoms with Gasteiger partial charge in [0.25, 0.3) is 0 Å². The number of likely N-dealkylation sites (N-methyl/N-ethyl adjacent to an activating group) is 1. The normalized spacial score (nSPS) is 16.1. The van der Waals surface area contributed by atoms with E-state index in [2.05, 4.69) is 5.32 Å². The van der Waals surface area contributed by atoms with Crippen LogP contribution in [0.15, 0.2) is 12.1 Å². The molecule has 0 radical (unpaired) electrons. The lowest BCUT2D eigenvalue weighted by atomic mass is 10.1. The Morgan fingerprint density at radius 1 is 1.26 bits per heavy atom. The second-order valence-electron chi connectivity index (χ2n) is 4.68. The van der Waals surface area contributed by atoms with Crippen LogP contribution in [-0.2, 0) is 11.3 Å². The summed E-state index contributed by atoms with van der Waals surface area (Å²) in [5.74, 6) is -1.38. The molecule has 0 aromatic heterocycles. The van der Waals surface area contributed by atoms with Crippen molar-refractivity contribution in [1.82, 2.24) is 10.2 Å². The molecule has 0 unspecified atom stereocenters. The van der Waals surface area contributed by atoms with Gasteiger partial charge in [0, 0.05) is 26.7 Å². The van der Waals surface area contributed by atoms with Crippen molar-refractivity contribution in [2.45, 2.75) is 6.54 Å². The van der Waals surface area contributed by atoms with Crippen LogP contribution in [0, 0.1) is 11.6 Å². The van der Waals surface area contributed by atoms with Gasteiger partial charge in [0.2, 0.25) is 5.91 Å². The molecule has 1 aliphatic heterocycles. The van der Waals surface area contributed by atoms with E-state index in [9.17, 15) is 13.6 Å². The molecule has 1 amide bonds. The molecular weight excluding hydrogens is 252 g/mol. The topological polar surface area (TPSA) is 35.6 Å². The Hall–Kier alpha value is -1.69. The average molecular weight is 269 g/mol. The highest BCUT2D eigenvalue weighted by atomic mass is 19.1. The van der Waals surface area contributed by atoms with Crippen LogP contribution in [0.4, 0.5) is 14.5 Å². The quantitative estimate of drug-likeness (QED) is 0.888. The number of nitrogens with zero attached hydrogens (tertiary/aromatic N) is 2. The Morgan fingerprint density at radius 3 is 2.42 bits per heavy atom. The Labute approximate surface area is 111 Å². The second-order valence-corrected chi connectivity index (χ2v) is 4.68. The summed E-state index contributed by atoms with van der Waals surface area (Å²) in [6, 6.07) is 2.61. The molecule has 0 spiro atoms. The molecule has 1 saturated heterocycles. The van der Waals surface area contributed by atoms with Crippen molar-refractivity contribution in [3.63, 3.8) is 0 Å². The molecule has 1 aromatic carbocycles. The van der Waals surface area contributed by atoms with Gasteiger partial charge in [-0.3, -0.25) is 4.79 Å². The van der Waals surface area contributed by atoms with Crippen LogP contribution in [0.5, 0.6) is 0 Å². The number of nitrogens with one attached hydrogen (secondary N) is 1. The predicted octanol–water partition coefficient (Wildman–Crippen LogP) is 0.963. The fourth-order valence-corrected chi connectivity index (χ4v) is 2.18. The number of amides is 1. The van der Waals surface area contributed by atoms with Gasteiger partial charge in [0.1, 0.15) is 17.3 Å². The van der Waals surface area contributed by atoms with E-state index in [1.165, 1.54) is 17.0 Å². The molecule has 1 heterocycles. The lowest BCUT2D eigenvalue weighted by Gasteiger charge is -2.33. The van der Waals surface area contributed by atoms with Crippen LogP contribution >= 0.6 is 0 Å². The van der Waals surface area contributed by atoms with Gasteiger partial charge in [0.15, 0.2) is 0 Å². The van der Waals surface area contributed by atoms with Gasteiger partial charge in [-0.15, -0.1) is 0 Å². The van der Waals surface area contributed by atoms with Crippen molar-refractivity contribution in [3.8, 4) is 0 Å². The minimum Gasteiger partial charge on any atom is -0.356 e. The van der Waals surface area contributed by atoms with Gasteiger partial charge >= 0.3 is 0 Å². The van der Waals surface area contributed by atoms with Crippen LogP contribution in [-0.4, -0.2) is 44.5 Å². The van der Waals surface area contributed by atoms with Crippen molar-refractivity contribution < 1.29 is 13.6 Å². The molecule has 0 saturated carbocycles. The van der Waals surface area contributed by atoms with Crippen molar-refractivity contribution in [2.24, 2.45) is 0 Å². The number of carbonyl (C=O) groups excluding carboxylic acids is 1. The molecule has 4 nitrogen and oxygen atoms in total. The summed E-state index contributed by atoms with van der Waals surface area (Å²) >= 11 is 0. The van der Waals surface area contributed by atoms with Crippen molar-refractivity contribution in [2.75, 3.05) is 38.6 Å². The molecular formula is C13H17F2N3O. The molecule has 6 heteroatoms. The number of carbonyl (C=O) groups is 1. The summed E-state index contributed by atoms with van der Waals surface area (Å²) < 4.78 is 28.0. The molecule has 1 fully saturated rings. The standard InChI is InChI=1S/C13H17F2N3O/c1-16-7-9-5-10(14)13(11(15)6-9)18-4-3-17(2)12(19)8-18/h5-6,16H,3-4,7-8H2,1-2H3. The molecule has 1 aliphatic rings. The predicted molar refractivity (Wildman–Crippen MR) is 69.0 cm³/mol. The van der Waals surface area contributed by atoms with E-state index in [0.717, 1.165) is 0 Å². The average Bonchev–Trinajstić information content (AvgIpc) is 2.33. The number of rotatable bonds is 3. The zero-order valence-electron chi connectivity index (χ0n) is 11.0. The maximum Gasteiger partial charge on any atom is 0.241 e. The largest absolute Gasteiger partial charge is 0.356 e. The summed E-state index contributed by atoms with van der Waals surface area (Å²) in [6.07, 6.45) is 0. The fraction of sp³-hybridized carbons (Fsp3) is 0.462. The number of hydrogen-bond acceptors (Lipinski definition) is 3. The first-order valence-electron chi connectivity index (χ1n) is 6.14. The van der Waals surface area contributed by atoms with Gasteiger partial charge < -0.3 is 15.1 Å². The van der Waals surface area contributed by atoms with E-state index in [1.807, 2.05) is 0 Å². The van der Waals surface area contributed by atoms with Gasteiger partial charge in [-0.05, 0) is 24.7 Å². The van der Waals surface area contributed by atoms with Crippen LogP contribution in [0.1, 0.15) is 5.56 Å². The van der Waals surface area contributed by atoms with Crippen LogP contribution in [0.2, 0.25) is 0 Å². The molecule has 104 valence electrons. The summed E-state index contributed by atoms with van der Waals surface area (Å²) in [5, 5.41) is 2.84. The number of piperazine rings is 1. The van der Waals surface area contributed by atoms with Crippen molar-refractivity contribution >= 4 is 11.6 Å². The first-order chi connectivity index (χ1) is 9.02. The van der Waals surface area contributed by atoms with E-state index in [-0.39, 0.29) is 18.1 Å². The van der Waals surface area contributed by atoms with Crippen molar-refractivity contribution in [3.05, 3.63) is 29.3 Å². The highest BCUT2D eigenvalue weighted by molar-refractivity contribution is 5.82. The lowest BCUT2D eigenvalue weighted by molar-refractivity contribution is -0.129. The SMILES string of the molecule is CNCc1cc(F)c(N2CCN(C)C(=O)C2)c(F)c1. The highest BCUT2D eigenvalue weighted by Gasteiger charge is 2.25. The van der Waals surface area contributed by atoms with Crippen molar-refractivity contribution in [1.29, 1.82) is 0 Å². The Balaban J connectivity index is 2.27. The third-order valence-corrected chi connectivity index (χ3v) is 3.23. The summed E-state index contributed by atoms with van der Waals surface area (Å²) in [4.78, 5) is 14.6. The third kappa shape index (κ3) is 2.84. The fourth-order valence-electron chi connectivity index (χ4n) is 2.18. The number of benzene rings is 1. The number of halogens is 2. The monoisotopic (exact) mass is 269 g/mol.